The molecule has 4 N–H and O–H groups in total. The first-order valence-corrected chi connectivity index (χ1v) is 7.71. The number of hydrogen-bond donors (Lipinski definition) is 3. The van der Waals surface area contributed by atoms with E-state index in [9.17, 15) is 19.5 Å². The molecule has 0 saturated carbocycles. The molecule has 0 bridgehead atoms. The van der Waals surface area contributed by atoms with Gasteiger partial charge in [0.25, 0.3) is 0 Å². The van der Waals surface area contributed by atoms with Crippen LogP contribution in [0.4, 0.5) is 0 Å². The molecule has 0 aliphatic rings. The molecule has 0 aromatic carbocycles. The molecule has 1 atom stereocenters. The fourth-order valence-electron chi connectivity index (χ4n) is 1.63. The van der Waals surface area contributed by atoms with Crippen molar-refractivity contribution in [2.75, 3.05) is 0 Å². The van der Waals surface area contributed by atoms with Crippen LogP contribution in [0.25, 0.3) is 0 Å². The van der Waals surface area contributed by atoms with E-state index in [2.05, 4.69) is 6.92 Å². The standard InChI is InChI=1S/C10H20O2.C5H9NO4.Na/c1-2-3-4-5-6-7-8-9-10(11)12;6-3(5(9)10)1-2-4(7)8;/h2-9H2,1H3,(H,11,12);3H,1-2,6H2,(H,7,8)(H,9,10);/q;;+1/p-1. The Kier molecular flexibility index (Phi) is 23.0. The van der Waals surface area contributed by atoms with Crippen molar-refractivity contribution in [3.8, 4) is 0 Å². The zero-order chi connectivity index (χ0) is 17.4. The third-order valence-corrected chi connectivity index (χ3v) is 2.97. The summed E-state index contributed by atoms with van der Waals surface area (Å²) in [4.78, 5) is 29.9. The number of aliphatic carboxylic acids is 3. The molecule has 0 aromatic heterocycles. The van der Waals surface area contributed by atoms with Crippen LogP contribution in [-0.2, 0) is 14.4 Å². The fraction of sp³-hybridized carbons (Fsp3) is 0.800. The quantitative estimate of drug-likeness (QED) is 0.279. The van der Waals surface area contributed by atoms with Gasteiger partial charge in [-0.05, 0) is 12.8 Å². The van der Waals surface area contributed by atoms with Crippen LogP contribution in [0, 0.1) is 0 Å². The summed E-state index contributed by atoms with van der Waals surface area (Å²) < 4.78 is 0. The summed E-state index contributed by atoms with van der Waals surface area (Å²) in [5.74, 6) is -3.14. The van der Waals surface area contributed by atoms with Gasteiger partial charge in [0, 0.05) is 18.9 Å². The van der Waals surface area contributed by atoms with Gasteiger partial charge in [0.1, 0.15) is 0 Å². The van der Waals surface area contributed by atoms with Crippen molar-refractivity contribution in [3.05, 3.63) is 0 Å². The average molecular weight is 341 g/mol. The van der Waals surface area contributed by atoms with Crippen LogP contribution in [-0.4, -0.2) is 34.2 Å². The smallest absolute Gasteiger partial charge is 0.548 e. The predicted molar refractivity (Wildman–Crippen MR) is 80.1 cm³/mol. The molecule has 0 aliphatic heterocycles. The van der Waals surface area contributed by atoms with Crippen molar-refractivity contribution in [2.24, 2.45) is 5.73 Å². The maximum absolute atomic E-state index is 10.1. The molecule has 0 aromatic rings. The second-order valence-electron chi connectivity index (χ2n) is 5.12. The number of unbranched alkanes of at least 4 members (excludes halogenated alkanes) is 6. The molecule has 0 amide bonds. The number of rotatable bonds is 12. The van der Waals surface area contributed by atoms with Crippen molar-refractivity contribution < 1.29 is 59.3 Å². The van der Waals surface area contributed by atoms with E-state index in [0.717, 1.165) is 12.8 Å². The Bertz CT molecular complexity index is 325. The Balaban J connectivity index is -0.000000338. The van der Waals surface area contributed by atoms with Crippen molar-refractivity contribution >= 4 is 17.9 Å². The fourth-order valence-corrected chi connectivity index (χ4v) is 1.63. The number of carbonyl (C=O) groups excluding carboxylic acids is 1. The molecule has 0 rings (SSSR count). The summed E-state index contributed by atoms with van der Waals surface area (Å²) in [5.41, 5.74) is 4.94. The Labute approximate surface area is 159 Å². The van der Waals surface area contributed by atoms with E-state index in [4.69, 9.17) is 15.9 Å². The van der Waals surface area contributed by atoms with Crippen molar-refractivity contribution in [1.29, 1.82) is 0 Å². The average Bonchev–Trinajstić information content (AvgIpc) is 2.44. The number of nitrogens with two attached hydrogens (primary N) is 1. The number of carboxylic acids is 3. The van der Waals surface area contributed by atoms with E-state index in [1.54, 1.807) is 0 Å². The summed E-state index contributed by atoms with van der Waals surface area (Å²) >= 11 is 0. The molecule has 0 spiro atoms. The molecular formula is C15H28NNaO6. The van der Waals surface area contributed by atoms with Crippen LogP contribution in [0.5, 0.6) is 0 Å². The SMILES string of the molecule is CCCCCCCCCC(=O)O.NC(CCC(=O)O)C(=O)[O-].[Na+]. The van der Waals surface area contributed by atoms with Crippen LogP contribution in [0.15, 0.2) is 0 Å². The van der Waals surface area contributed by atoms with Crippen LogP contribution in [0.1, 0.15) is 71.1 Å². The van der Waals surface area contributed by atoms with E-state index in [-0.39, 0.29) is 42.4 Å². The summed E-state index contributed by atoms with van der Waals surface area (Å²) in [6.45, 7) is 2.20. The van der Waals surface area contributed by atoms with Gasteiger partial charge < -0.3 is 25.8 Å². The van der Waals surface area contributed by atoms with Crippen LogP contribution in [0.3, 0.4) is 0 Å². The first kappa shape index (κ1) is 27.2. The third kappa shape index (κ3) is 26.6. The van der Waals surface area contributed by atoms with Crippen LogP contribution >= 0.6 is 0 Å². The van der Waals surface area contributed by atoms with Gasteiger partial charge in [-0.1, -0.05) is 45.4 Å². The minimum atomic E-state index is -1.42. The largest absolute Gasteiger partial charge is 1.00 e. The van der Waals surface area contributed by atoms with Crippen molar-refractivity contribution in [2.45, 2.75) is 77.2 Å². The summed E-state index contributed by atoms with van der Waals surface area (Å²) in [6, 6.07) is -1.17. The molecule has 130 valence electrons. The topological polar surface area (TPSA) is 141 Å². The zero-order valence-corrected chi connectivity index (χ0v) is 16.3. The molecular weight excluding hydrogens is 313 g/mol. The van der Waals surface area contributed by atoms with Gasteiger partial charge in [-0.3, -0.25) is 9.59 Å². The Morgan fingerprint density at radius 3 is 1.74 bits per heavy atom. The van der Waals surface area contributed by atoms with Crippen molar-refractivity contribution in [1.82, 2.24) is 0 Å². The Hall–Kier alpha value is -0.630. The minimum absolute atomic E-state index is 0. The molecule has 0 saturated heterocycles. The normalized spacial score (nSPS) is 10.7. The molecule has 23 heavy (non-hydrogen) atoms. The maximum atomic E-state index is 10.1. The van der Waals surface area contributed by atoms with Gasteiger partial charge in [0.05, 0.1) is 5.97 Å². The Morgan fingerprint density at radius 2 is 1.35 bits per heavy atom. The minimum Gasteiger partial charge on any atom is -0.548 e. The number of carbonyl (C=O) groups is 3. The van der Waals surface area contributed by atoms with Gasteiger partial charge in [0.15, 0.2) is 0 Å². The predicted octanol–water partition coefficient (Wildman–Crippen LogP) is -1.86. The van der Waals surface area contributed by atoms with E-state index in [0.29, 0.717) is 6.42 Å². The molecule has 0 aliphatic carbocycles. The van der Waals surface area contributed by atoms with Crippen LogP contribution in [0.2, 0.25) is 0 Å². The van der Waals surface area contributed by atoms with E-state index < -0.39 is 23.9 Å². The first-order valence-electron chi connectivity index (χ1n) is 7.71. The van der Waals surface area contributed by atoms with Gasteiger partial charge in [-0.2, -0.15) is 0 Å². The number of carboxylic acid groups (broad SMARTS) is 3. The van der Waals surface area contributed by atoms with Crippen LogP contribution < -0.4 is 40.4 Å². The van der Waals surface area contributed by atoms with Gasteiger partial charge in [0.2, 0.25) is 0 Å². The number of hydrogen-bond acceptors (Lipinski definition) is 5. The second kappa shape index (κ2) is 19.4. The first-order chi connectivity index (χ1) is 10.3. The summed E-state index contributed by atoms with van der Waals surface area (Å²) in [6.07, 6.45) is 8.32. The van der Waals surface area contributed by atoms with E-state index in [1.165, 1.54) is 32.1 Å². The molecule has 1 unspecified atom stereocenters. The molecule has 7 nitrogen and oxygen atoms in total. The van der Waals surface area contributed by atoms with Crippen molar-refractivity contribution in [3.63, 3.8) is 0 Å². The van der Waals surface area contributed by atoms with Gasteiger partial charge in [-0.15, -0.1) is 0 Å². The molecule has 0 radical (unpaired) electrons. The summed E-state index contributed by atoms with van der Waals surface area (Å²) in [5, 5.41) is 26.3. The van der Waals surface area contributed by atoms with Gasteiger partial charge >= 0.3 is 41.5 Å². The van der Waals surface area contributed by atoms with Gasteiger partial charge in [-0.25, -0.2) is 0 Å². The monoisotopic (exact) mass is 341 g/mol. The maximum Gasteiger partial charge on any atom is 1.00 e. The Morgan fingerprint density at radius 1 is 0.913 bits per heavy atom. The zero-order valence-electron chi connectivity index (χ0n) is 14.3. The molecule has 0 heterocycles. The summed E-state index contributed by atoms with van der Waals surface area (Å²) in [7, 11) is 0. The molecule has 0 fully saturated rings. The molecule has 8 heteroatoms. The van der Waals surface area contributed by atoms with E-state index in [1.807, 2.05) is 0 Å². The third-order valence-electron chi connectivity index (χ3n) is 2.97. The van der Waals surface area contributed by atoms with E-state index >= 15 is 0 Å². The second-order valence-corrected chi connectivity index (χ2v) is 5.12.